The first-order chi connectivity index (χ1) is 65.8. The third-order valence-corrected chi connectivity index (χ3v) is 23.9. The van der Waals surface area contributed by atoms with Crippen LogP contribution in [0.1, 0.15) is 28.8 Å². The van der Waals surface area contributed by atoms with Crippen LogP contribution >= 0.6 is 11.8 Å². The van der Waals surface area contributed by atoms with Crippen LogP contribution in [0.15, 0.2) is 422 Å². The summed E-state index contributed by atoms with van der Waals surface area (Å²) in [7, 11) is 0. The summed E-state index contributed by atoms with van der Waals surface area (Å²) < 4.78 is 216. The number of aromatic nitrogens is 4. The van der Waals surface area contributed by atoms with Crippen molar-refractivity contribution in [1.82, 2.24) is 18.3 Å². The zero-order valence-electron chi connectivity index (χ0n) is 81.9. The van der Waals surface area contributed by atoms with Gasteiger partial charge in [-0.2, -0.15) is 0 Å². The van der Waals surface area contributed by atoms with Gasteiger partial charge in [0.25, 0.3) is 0 Å². The molecular formula is C108H68BN5S. The van der Waals surface area contributed by atoms with Gasteiger partial charge < -0.3 is 23.2 Å². The monoisotopic (exact) mass is 1500 g/mol. The number of anilines is 3. The molecule has 0 radical (unpaired) electrons. The van der Waals surface area contributed by atoms with Gasteiger partial charge in [-0.25, -0.2) is 0 Å². The van der Waals surface area contributed by atoms with Gasteiger partial charge in [-0.3, -0.25) is 0 Å². The molecule has 0 aliphatic carbocycles. The van der Waals surface area contributed by atoms with Crippen LogP contribution in [0.3, 0.4) is 0 Å². The summed E-state index contributed by atoms with van der Waals surface area (Å²) >= 11 is 1.41. The van der Waals surface area contributed by atoms with Crippen LogP contribution < -0.4 is 21.3 Å². The summed E-state index contributed by atoms with van der Waals surface area (Å²) in [6, 6.07) is 80.6. The largest absolute Gasteiger partial charge is 0.310 e. The molecule has 0 saturated carbocycles. The van der Waals surface area contributed by atoms with E-state index >= 15 is 0 Å². The second-order valence-electron chi connectivity index (χ2n) is 29.0. The maximum absolute atomic E-state index is 10.5. The van der Waals surface area contributed by atoms with Crippen molar-refractivity contribution in [2.45, 2.75) is 9.79 Å². The van der Waals surface area contributed by atoms with Crippen LogP contribution in [-0.4, -0.2) is 25.0 Å². The molecule has 6 heterocycles. The fraction of sp³-hybridized carbons (Fsp3) is 0. The van der Waals surface area contributed by atoms with E-state index in [9.17, 15) is 28.8 Å². The molecule has 0 saturated heterocycles. The first-order valence-corrected chi connectivity index (χ1v) is 38.8. The van der Waals surface area contributed by atoms with E-state index in [4.69, 9.17) is 0 Å². The van der Waals surface area contributed by atoms with Crippen LogP contribution in [0.4, 0.5) is 17.1 Å². The molecule has 0 spiro atoms. The Balaban J connectivity index is 0.883. The molecule has 2 aliphatic rings. The minimum Gasteiger partial charge on any atom is -0.310 e. The van der Waals surface area contributed by atoms with Crippen LogP contribution in [0.5, 0.6) is 0 Å². The highest BCUT2D eigenvalue weighted by atomic mass is 32.2. The van der Waals surface area contributed by atoms with Gasteiger partial charge >= 0.3 is 0 Å². The van der Waals surface area contributed by atoms with Gasteiger partial charge in [0.1, 0.15) is 0 Å². The lowest BCUT2D eigenvalue weighted by Gasteiger charge is -2.42. The summed E-state index contributed by atoms with van der Waals surface area (Å²) in [5.41, 5.74) is 12.6. The van der Waals surface area contributed by atoms with E-state index < -0.39 is 79.2 Å². The number of fused-ring (bicyclic) bond motifs is 17. The summed E-state index contributed by atoms with van der Waals surface area (Å²) in [6.45, 7) is -0.874. The molecule has 115 heavy (non-hydrogen) atoms. The quantitative estimate of drug-likeness (QED) is 0.120. The topological polar surface area (TPSA) is 23.0 Å². The lowest BCUT2D eigenvalue weighted by Crippen LogP contribution is -2.60. The van der Waals surface area contributed by atoms with Crippen LogP contribution in [0.25, 0.3) is 177 Å². The van der Waals surface area contributed by atoms with Crippen molar-refractivity contribution in [1.29, 1.82) is 0 Å². The van der Waals surface area contributed by atoms with Crippen molar-refractivity contribution in [2.24, 2.45) is 0 Å². The normalized spacial score (nSPS) is 15.0. The van der Waals surface area contributed by atoms with E-state index in [0.29, 0.717) is 93.1 Å². The Bertz CT molecular complexity index is 9030. The highest BCUT2D eigenvalue weighted by Gasteiger charge is 2.44. The minimum atomic E-state index is -0.874. The van der Waals surface area contributed by atoms with E-state index in [-0.39, 0.29) is 148 Å². The zero-order chi connectivity index (χ0) is 93.6. The highest BCUT2D eigenvalue weighted by molar-refractivity contribution is 8.00. The van der Waals surface area contributed by atoms with E-state index in [0.717, 1.165) is 33.4 Å². The number of hydrogen-bond acceptors (Lipinski definition) is 2. The van der Waals surface area contributed by atoms with Gasteiger partial charge in [-0.1, -0.05) is 314 Å². The number of benzene rings is 18. The van der Waals surface area contributed by atoms with Crippen LogP contribution in [-0.2, 0) is 0 Å². The Morgan fingerprint density at radius 1 is 0.252 bits per heavy atom. The third kappa shape index (κ3) is 10.2. The minimum absolute atomic E-state index is 0.00209. The van der Waals surface area contributed by atoms with E-state index in [2.05, 4.69) is 27.7 Å². The standard InChI is InChI=1S/C108H68BN5S/c1-7-27-69(28-8-1)75-39-25-40-79(61-75)112-100-59-53-80(110-94-46-22-19-41-85(94)88-62-76(49-56-97(88)110)70-29-9-2-10-30-70)65-91(100)105-101(112)60-55-93-108(105)115-104-68-82(113-96-48-24-21-43-87(96)90-64-78(51-58-99(90)113)72-33-13-4-14-34-72)67-103-106(104)109(93)92-54-52-81(111-95-47-23-20-42-86(95)89-63-77(50-57-98(89)111)71-31-11-3-12-32-71)66-102(92)114(103)107-83(73-35-15-5-16-36-73)44-26-45-84(107)74-37-17-6-18-38-74/h1-68H/i19D,20D,21D,22D,23D,24D,41D,42D,43D,46D,47D,48D,49D,50D,51D,56D,57D,58D,62D,63D,64D. The number of rotatable bonds is 11. The van der Waals surface area contributed by atoms with E-state index in [1.165, 1.54) is 11.8 Å². The van der Waals surface area contributed by atoms with Crippen LogP contribution in [0.2, 0.25) is 0 Å². The maximum atomic E-state index is 10.5. The first-order valence-electron chi connectivity index (χ1n) is 48.4. The second kappa shape index (κ2) is 26.0. The molecule has 0 unspecified atom stereocenters. The zero-order valence-corrected chi connectivity index (χ0v) is 61.7. The fourth-order valence-corrected chi connectivity index (χ4v) is 19.1. The summed E-state index contributed by atoms with van der Waals surface area (Å²) in [5.74, 6) is 0. The van der Waals surface area contributed by atoms with Crippen molar-refractivity contribution in [3.8, 4) is 89.5 Å². The van der Waals surface area contributed by atoms with Crippen molar-refractivity contribution >= 4 is 139 Å². The molecule has 0 bridgehead atoms. The molecule has 18 aromatic carbocycles. The average molecular weight is 1500 g/mol. The molecule has 24 rings (SSSR count). The Labute approximate surface area is 699 Å². The number of nitrogens with zero attached hydrogens (tertiary/aromatic N) is 5. The fourth-order valence-electron chi connectivity index (χ4n) is 17.7. The molecule has 5 nitrogen and oxygen atoms in total. The van der Waals surface area contributed by atoms with Gasteiger partial charge in [0.05, 0.1) is 78.6 Å². The molecule has 7 heteroatoms. The molecule has 2 aliphatic heterocycles. The van der Waals surface area contributed by atoms with Gasteiger partial charge in [0.2, 0.25) is 6.71 Å². The highest BCUT2D eigenvalue weighted by Crippen LogP contribution is 2.53. The summed E-state index contributed by atoms with van der Waals surface area (Å²) in [6.07, 6.45) is 0. The number of para-hydroxylation sites is 4. The third-order valence-electron chi connectivity index (χ3n) is 22.7. The molecular weight excluding hydrogens is 1410 g/mol. The van der Waals surface area contributed by atoms with Crippen molar-refractivity contribution in [3.05, 3.63) is 412 Å². The smallest absolute Gasteiger partial charge is 0.249 e. The van der Waals surface area contributed by atoms with Gasteiger partial charge in [0, 0.05) is 98.1 Å². The van der Waals surface area contributed by atoms with Crippen molar-refractivity contribution in [2.75, 3.05) is 4.90 Å². The van der Waals surface area contributed by atoms with Gasteiger partial charge in [-0.05, 0) is 182 Å². The Morgan fingerprint density at radius 2 is 0.643 bits per heavy atom. The van der Waals surface area contributed by atoms with Crippen molar-refractivity contribution in [3.63, 3.8) is 0 Å². The predicted molar refractivity (Wildman–Crippen MR) is 486 cm³/mol. The molecule has 534 valence electrons. The SMILES string of the molecule is [2H]c1c([2H])c([2H])c2c(c1[2H])c1c([2H])c(-c3ccccc3)c([2H])c([2H])c1n2-c1ccc2c(c1)N(c1c(-c3ccccc3)cccc1-c1ccccc1)c1cc(-n3c4c([2H])c([2H])c([2H])c([2H])c4c4c([2H])c(-c5ccccc5)c([2H])c([2H])c43)cc3c1B2c1ccc2c(c1S3)c1cc(-n3c4c([2H])c([2H])c([2H])c([2H])c4c4c([2H])c(-c5ccccc5)c([2H])c([2H])c43)ccc1n2-c1cccc(-c2ccccc2)c1. The molecule has 0 fully saturated rings. The average Bonchev–Trinajstić information content (AvgIpc) is 1.31. The van der Waals surface area contributed by atoms with Gasteiger partial charge in [0.15, 0.2) is 0 Å². The molecule has 0 N–H and O–H groups in total. The Hall–Kier alpha value is -14.6. The van der Waals surface area contributed by atoms with E-state index in [1.54, 1.807) is 105 Å². The second-order valence-corrected chi connectivity index (χ2v) is 30.0. The van der Waals surface area contributed by atoms with Crippen LogP contribution in [0, 0.1) is 0 Å². The van der Waals surface area contributed by atoms with E-state index in [1.807, 2.05) is 176 Å². The van der Waals surface area contributed by atoms with Crippen molar-refractivity contribution < 1.29 is 28.8 Å². The summed E-state index contributed by atoms with van der Waals surface area (Å²) in [4.78, 5) is 3.40. The lowest BCUT2D eigenvalue weighted by atomic mass is 9.34. The predicted octanol–water partition coefficient (Wildman–Crippen LogP) is 26.8. The maximum Gasteiger partial charge on any atom is 0.249 e. The first kappa shape index (κ1) is 47.6. The van der Waals surface area contributed by atoms with Gasteiger partial charge in [-0.15, -0.1) is 0 Å². The molecule has 4 aromatic heterocycles. The Morgan fingerprint density at radius 3 is 1.16 bits per heavy atom. The summed E-state index contributed by atoms with van der Waals surface area (Å²) in [5, 5.41) is 1.16. The molecule has 22 aromatic rings. The Kier molecular flexibility index (Phi) is 10.7. The lowest BCUT2D eigenvalue weighted by molar-refractivity contribution is 1.15. The number of hydrogen-bond donors (Lipinski definition) is 0. The molecule has 0 atom stereocenters. The molecule has 0 amide bonds.